The Morgan fingerprint density at radius 1 is 1.39 bits per heavy atom. The van der Waals surface area contributed by atoms with Crippen molar-refractivity contribution in [3.05, 3.63) is 0 Å². The molecule has 0 aromatic heterocycles. The first-order valence-electron chi connectivity index (χ1n) is 6.66. The molecule has 0 aromatic carbocycles. The number of nitriles is 1. The summed E-state index contributed by atoms with van der Waals surface area (Å²) in [5.41, 5.74) is 0. The Morgan fingerprint density at radius 2 is 2.06 bits per heavy atom. The summed E-state index contributed by atoms with van der Waals surface area (Å²) < 4.78 is 5.45. The van der Waals surface area contributed by atoms with Gasteiger partial charge in [0.15, 0.2) is 0 Å². The van der Waals surface area contributed by atoms with Crippen molar-refractivity contribution < 1.29 is 9.53 Å². The van der Waals surface area contributed by atoms with Crippen LogP contribution in [-0.4, -0.2) is 60.6 Å². The van der Waals surface area contributed by atoms with E-state index in [2.05, 4.69) is 11.0 Å². The molecule has 0 radical (unpaired) electrons. The van der Waals surface area contributed by atoms with Gasteiger partial charge in [0.1, 0.15) is 0 Å². The number of carbonyl (C=O) groups is 1. The number of carbonyl (C=O) groups excluding carboxylic acids is 1. The average Bonchev–Trinajstić information content (AvgIpc) is 2.84. The Balaban J connectivity index is 1.83. The molecule has 0 aliphatic carbocycles. The highest BCUT2D eigenvalue weighted by Gasteiger charge is 2.33. The highest BCUT2D eigenvalue weighted by Crippen LogP contribution is 2.22. The molecule has 0 spiro atoms. The van der Waals surface area contributed by atoms with Crippen LogP contribution in [0.15, 0.2) is 0 Å². The summed E-state index contributed by atoms with van der Waals surface area (Å²) in [4.78, 5) is 16.3. The first kappa shape index (κ1) is 13.3. The summed E-state index contributed by atoms with van der Waals surface area (Å²) in [6.07, 6.45) is 1.05. The standard InChI is InChI=1S/C13H21N3O2/c1-10(8-14)15-3-5-16(6-4-15)13(17)12-7-11(2)18-9-12/h10-12H,3-7,9H2,1-2H3. The molecule has 2 fully saturated rings. The zero-order valence-corrected chi connectivity index (χ0v) is 11.1. The van der Waals surface area contributed by atoms with Crippen molar-refractivity contribution in [2.75, 3.05) is 32.8 Å². The quantitative estimate of drug-likeness (QED) is 0.716. The van der Waals surface area contributed by atoms with Gasteiger partial charge in [0.25, 0.3) is 0 Å². The third kappa shape index (κ3) is 2.82. The van der Waals surface area contributed by atoms with E-state index in [0.717, 1.165) is 32.6 Å². The predicted molar refractivity (Wildman–Crippen MR) is 66.7 cm³/mol. The molecule has 3 unspecified atom stereocenters. The molecule has 5 nitrogen and oxygen atoms in total. The van der Waals surface area contributed by atoms with Crippen LogP contribution in [0.5, 0.6) is 0 Å². The van der Waals surface area contributed by atoms with E-state index in [9.17, 15) is 4.79 Å². The Kier molecular flexibility index (Phi) is 4.20. The molecule has 5 heteroatoms. The van der Waals surface area contributed by atoms with Gasteiger partial charge in [-0.3, -0.25) is 9.69 Å². The van der Waals surface area contributed by atoms with Gasteiger partial charge in [-0.2, -0.15) is 5.26 Å². The van der Waals surface area contributed by atoms with Gasteiger partial charge in [-0.05, 0) is 20.3 Å². The minimum atomic E-state index is -0.0583. The van der Waals surface area contributed by atoms with Gasteiger partial charge in [-0.25, -0.2) is 0 Å². The summed E-state index contributed by atoms with van der Waals surface area (Å²) in [6, 6.07) is 2.18. The number of hydrogen-bond acceptors (Lipinski definition) is 4. The van der Waals surface area contributed by atoms with E-state index in [-0.39, 0.29) is 24.0 Å². The molecule has 2 aliphatic rings. The van der Waals surface area contributed by atoms with Crippen LogP contribution in [0.2, 0.25) is 0 Å². The third-order valence-electron chi connectivity index (χ3n) is 3.91. The molecule has 2 heterocycles. The molecule has 2 saturated heterocycles. The lowest BCUT2D eigenvalue weighted by atomic mass is 10.0. The lowest BCUT2D eigenvalue weighted by molar-refractivity contribution is -0.137. The minimum Gasteiger partial charge on any atom is -0.378 e. The Morgan fingerprint density at radius 3 is 2.56 bits per heavy atom. The second-order valence-electron chi connectivity index (χ2n) is 5.24. The van der Waals surface area contributed by atoms with Crippen LogP contribution in [0.1, 0.15) is 20.3 Å². The summed E-state index contributed by atoms with van der Waals surface area (Å²) in [6.45, 7) is 7.54. The smallest absolute Gasteiger partial charge is 0.228 e. The lowest BCUT2D eigenvalue weighted by Crippen LogP contribution is -2.52. The third-order valence-corrected chi connectivity index (χ3v) is 3.91. The maximum atomic E-state index is 12.3. The molecule has 2 rings (SSSR count). The molecule has 100 valence electrons. The minimum absolute atomic E-state index is 0.0416. The second-order valence-corrected chi connectivity index (χ2v) is 5.24. The van der Waals surface area contributed by atoms with Crippen molar-refractivity contribution in [1.82, 2.24) is 9.80 Å². The van der Waals surface area contributed by atoms with E-state index in [4.69, 9.17) is 10.00 Å². The van der Waals surface area contributed by atoms with Gasteiger partial charge >= 0.3 is 0 Å². The molecule has 3 atom stereocenters. The fraction of sp³-hybridized carbons (Fsp3) is 0.846. The molecule has 0 aromatic rings. The predicted octanol–water partition coefficient (Wildman–Crippen LogP) is 0.468. The van der Waals surface area contributed by atoms with Crippen molar-refractivity contribution >= 4 is 5.91 Å². The zero-order chi connectivity index (χ0) is 13.1. The van der Waals surface area contributed by atoms with E-state index in [1.165, 1.54) is 0 Å². The Labute approximate surface area is 108 Å². The van der Waals surface area contributed by atoms with Crippen LogP contribution in [-0.2, 0) is 9.53 Å². The SMILES string of the molecule is CC1CC(C(=O)N2CCN(C(C)C#N)CC2)CO1. The molecular weight excluding hydrogens is 230 g/mol. The van der Waals surface area contributed by atoms with Gasteiger partial charge in [-0.15, -0.1) is 0 Å². The van der Waals surface area contributed by atoms with Crippen LogP contribution in [0.4, 0.5) is 0 Å². The van der Waals surface area contributed by atoms with Crippen molar-refractivity contribution in [3.8, 4) is 6.07 Å². The van der Waals surface area contributed by atoms with E-state index in [1.807, 2.05) is 18.7 Å². The highest BCUT2D eigenvalue weighted by molar-refractivity contribution is 5.79. The van der Waals surface area contributed by atoms with E-state index < -0.39 is 0 Å². The number of amides is 1. The maximum Gasteiger partial charge on any atom is 0.228 e. The first-order valence-corrected chi connectivity index (χ1v) is 6.66. The van der Waals surface area contributed by atoms with Gasteiger partial charge in [0.2, 0.25) is 5.91 Å². The average molecular weight is 251 g/mol. The van der Waals surface area contributed by atoms with Crippen LogP contribution < -0.4 is 0 Å². The van der Waals surface area contributed by atoms with E-state index in [1.54, 1.807) is 0 Å². The Hall–Kier alpha value is -1.12. The number of hydrogen-bond donors (Lipinski definition) is 0. The topological polar surface area (TPSA) is 56.6 Å². The lowest BCUT2D eigenvalue weighted by Gasteiger charge is -2.36. The van der Waals surface area contributed by atoms with E-state index in [0.29, 0.717) is 6.61 Å². The second kappa shape index (κ2) is 5.68. The van der Waals surface area contributed by atoms with Crippen molar-refractivity contribution in [3.63, 3.8) is 0 Å². The summed E-state index contributed by atoms with van der Waals surface area (Å²) in [5, 5.41) is 8.88. The highest BCUT2D eigenvalue weighted by atomic mass is 16.5. The van der Waals surface area contributed by atoms with Gasteiger partial charge in [0.05, 0.1) is 30.7 Å². The Bertz CT molecular complexity index is 345. The first-order chi connectivity index (χ1) is 8.61. The molecule has 0 saturated carbocycles. The van der Waals surface area contributed by atoms with Crippen LogP contribution >= 0.6 is 0 Å². The normalized spacial score (nSPS) is 31.1. The van der Waals surface area contributed by atoms with Crippen LogP contribution in [0, 0.1) is 17.2 Å². The monoisotopic (exact) mass is 251 g/mol. The molecular formula is C13H21N3O2. The van der Waals surface area contributed by atoms with Gasteiger partial charge in [0, 0.05) is 26.2 Å². The number of rotatable bonds is 2. The van der Waals surface area contributed by atoms with Gasteiger partial charge < -0.3 is 9.64 Å². The van der Waals surface area contributed by atoms with Gasteiger partial charge in [-0.1, -0.05) is 0 Å². The molecule has 18 heavy (non-hydrogen) atoms. The summed E-state index contributed by atoms with van der Waals surface area (Å²) >= 11 is 0. The molecule has 1 amide bonds. The van der Waals surface area contributed by atoms with Crippen molar-refractivity contribution in [1.29, 1.82) is 5.26 Å². The summed E-state index contributed by atoms with van der Waals surface area (Å²) in [7, 11) is 0. The number of piperazine rings is 1. The fourth-order valence-electron chi connectivity index (χ4n) is 2.66. The van der Waals surface area contributed by atoms with Crippen LogP contribution in [0.3, 0.4) is 0 Å². The van der Waals surface area contributed by atoms with Crippen LogP contribution in [0.25, 0.3) is 0 Å². The largest absolute Gasteiger partial charge is 0.378 e. The number of ether oxygens (including phenoxy) is 1. The molecule has 2 aliphatic heterocycles. The van der Waals surface area contributed by atoms with Crippen molar-refractivity contribution in [2.24, 2.45) is 5.92 Å². The number of nitrogens with zero attached hydrogens (tertiary/aromatic N) is 3. The van der Waals surface area contributed by atoms with Crippen molar-refractivity contribution in [2.45, 2.75) is 32.4 Å². The zero-order valence-electron chi connectivity index (χ0n) is 11.1. The molecule has 0 bridgehead atoms. The van der Waals surface area contributed by atoms with E-state index >= 15 is 0 Å². The molecule has 0 N–H and O–H groups in total. The summed E-state index contributed by atoms with van der Waals surface area (Å²) in [5.74, 6) is 0.267. The fourth-order valence-corrected chi connectivity index (χ4v) is 2.66. The maximum absolute atomic E-state index is 12.3.